The molecule has 0 radical (unpaired) electrons. The minimum Gasteiger partial charge on any atom is -0.457 e. The van der Waals surface area contributed by atoms with Gasteiger partial charge in [0.25, 0.3) is 5.91 Å². The lowest BCUT2D eigenvalue weighted by atomic mass is 10.1. The lowest BCUT2D eigenvalue weighted by Crippen LogP contribution is -2.25. The third-order valence-electron chi connectivity index (χ3n) is 4.62. The van der Waals surface area contributed by atoms with Gasteiger partial charge in [0.05, 0.1) is 11.1 Å². The van der Waals surface area contributed by atoms with Crippen molar-refractivity contribution in [3.05, 3.63) is 94.7 Å². The molecule has 0 aliphatic rings. The minimum absolute atomic E-state index is 0.0746. The number of carbonyl (C=O) groups excluding carboxylic acids is 1. The molecular formula is C25H27F3N2O2. The van der Waals surface area contributed by atoms with Crippen LogP contribution < -0.4 is 15.8 Å². The normalized spacial score (nSPS) is 13.1. The Kier molecular flexibility index (Phi) is 8.70. The van der Waals surface area contributed by atoms with Crippen LogP contribution in [0.15, 0.2) is 83.6 Å². The summed E-state index contributed by atoms with van der Waals surface area (Å²) in [5, 5.41) is 2.80. The van der Waals surface area contributed by atoms with E-state index in [1.807, 2.05) is 19.9 Å². The average Bonchev–Trinajstić information content (AvgIpc) is 2.74. The fraction of sp³-hybridized carbons (Fsp3) is 0.240. The van der Waals surface area contributed by atoms with E-state index in [0.29, 0.717) is 17.0 Å². The first-order chi connectivity index (χ1) is 15.1. The highest BCUT2D eigenvalue weighted by molar-refractivity contribution is 5.96. The molecule has 1 amide bonds. The first-order valence-electron chi connectivity index (χ1n) is 10.1. The van der Waals surface area contributed by atoms with Gasteiger partial charge in [0.2, 0.25) is 0 Å². The molecule has 2 aromatic rings. The van der Waals surface area contributed by atoms with Gasteiger partial charge in [-0.1, -0.05) is 42.8 Å². The van der Waals surface area contributed by atoms with E-state index in [4.69, 9.17) is 10.5 Å². The van der Waals surface area contributed by atoms with Gasteiger partial charge in [-0.25, -0.2) is 0 Å². The summed E-state index contributed by atoms with van der Waals surface area (Å²) in [5.74, 6) is 0.112. The van der Waals surface area contributed by atoms with Gasteiger partial charge < -0.3 is 15.8 Å². The Morgan fingerprint density at radius 3 is 2.38 bits per heavy atom. The fourth-order valence-corrected chi connectivity index (χ4v) is 2.68. The third kappa shape index (κ3) is 7.65. The Morgan fingerprint density at radius 1 is 1.09 bits per heavy atom. The summed E-state index contributed by atoms with van der Waals surface area (Å²) in [7, 11) is 0. The van der Waals surface area contributed by atoms with Crippen molar-refractivity contribution in [3.8, 4) is 11.5 Å². The molecule has 0 bridgehead atoms. The Hall–Kier alpha value is -3.48. The van der Waals surface area contributed by atoms with Gasteiger partial charge in [-0.05, 0) is 62.2 Å². The van der Waals surface area contributed by atoms with Gasteiger partial charge in [0, 0.05) is 12.2 Å². The van der Waals surface area contributed by atoms with Crippen LogP contribution in [0.5, 0.6) is 11.5 Å². The smallest absolute Gasteiger partial charge is 0.416 e. The number of allylic oxidation sites excluding steroid dienone is 4. The van der Waals surface area contributed by atoms with E-state index in [9.17, 15) is 18.0 Å². The summed E-state index contributed by atoms with van der Waals surface area (Å²) in [4.78, 5) is 12.6. The number of hydrogen-bond donors (Lipinski definition) is 2. The van der Waals surface area contributed by atoms with E-state index < -0.39 is 11.7 Å². The Morgan fingerprint density at radius 2 is 1.75 bits per heavy atom. The van der Waals surface area contributed by atoms with Crippen molar-refractivity contribution < 1.29 is 22.7 Å². The summed E-state index contributed by atoms with van der Waals surface area (Å²) < 4.78 is 44.2. The van der Waals surface area contributed by atoms with Crippen molar-refractivity contribution in [2.45, 2.75) is 39.9 Å². The van der Waals surface area contributed by atoms with Gasteiger partial charge in [-0.3, -0.25) is 4.79 Å². The van der Waals surface area contributed by atoms with Gasteiger partial charge >= 0.3 is 6.18 Å². The molecular weight excluding hydrogens is 417 g/mol. The maximum Gasteiger partial charge on any atom is 0.416 e. The van der Waals surface area contributed by atoms with Crippen LogP contribution >= 0.6 is 0 Å². The first-order valence-corrected chi connectivity index (χ1v) is 10.1. The molecule has 2 aromatic carbocycles. The molecule has 0 aliphatic carbocycles. The van der Waals surface area contributed by atoms with Crippen molar-refractivity contribution in [1.82, 2.24) is 5.32 Å². The molecule has 0 atom stereocenters. The average molecular weight is 444 g/mol. The molecule has 0 aromatic heterocycles. The number of hydrogen-bond acceptors (Lipinski definition) is 3. The summed E-state index contributed by atoms with van der Waals surface area (Å²) >= 11 is 0. The maximum atomic E-state index is 12.9. The topological polar surface area (TPSA) is 64.3 Å². The van der Waals surface area contributed by atoms with Crippen LogP contribution in [-0.2, 0) is 17.5 Å². The molecule has 0 spiro atoms. The highest BCUT2D eigenvalue weighted by atomic mass is 19.4. The Balaban J connectivity index is 2.06. The highest BCUT2D eigenvalue weighted by Gasteiger charge is 2.30. The van der Waals surface area contributed by atoms with Crippen LogP contribution in [0.2, 0.25) is 0 Å². The van der Waals surface area contributed by atoms with Crippen molar-refractivity contribution in [1.29, 1.82) is 0 Å². The molecule has 3 N–H and O–H groups in total. The van der Waals surface area contributed by atoms with Gasteiger partial charge in [0.15, 0.2) is 0 Å². The van der Waals surface area contributed by atoms with Gasteiger partial charge in [0.1, 0.15) is 11.5 Å². The number of ether oxygens (including phenoxy) is 1. The number of alkyl halides is 3. The number of benzene rings is 2. The van der Waals surface area contributed by atoms with Crippen LogP contribution in [0.1, 0.15) is 38.3 Å². The molecule has 0 unspecified atom stereocenters. The van der Waals surface area contributed by atoms with E-state index >= 15 is 0 Å². The molecule has 0 heterocycles. The summed E-state index contributed by atoms with van der Waals surface area (Å²) in [5.41, 5.74) is 7.72. The quantitative estimate of drug-likeness (QED) is 0.373. The fourth-order valence-electron chi connectivity index (χ4n) is 2.68. The first kappa shape index (κ1) is 24.8. The molecule has 0 saturated carbocycles. The van der Waals surface area contributed by atoms with Crippen molar-refractivity contribution in [2.24, 2.45) is 5.73 Å². The predicted molar refractivity (Wildman–Crippen MR) is 120 cm³/mol. The molecule has 32 heavy (non-hydrogen) atoms. The van der Waals surface area contributed by atoms with Crippen molar-refractivity contribution in [2.75, 3.05) is 0 Å². The predicted octanol–water partition coefficient (Wildman–Crippen LogP) is 6.26. The van der Waals surface area contributed by atoms with Crippen LogP contribution in [0.4, 0.5) is 13.2 Å². The van der Waals surface area contributed by atoms with Crippen molar-refractivity contribution in [3.63, 3.8) is 0 Å². The molecule has 2 rings (SSSR count). The maximum absolute atomic E-state index is 12.9. The van der Waals surface area contributed by atoms with Gasteiger partial charge in [-0.15, -0.1) is 0 Å². The monoisotopic (exact) mass is 444 g/mol. The lowest BCUT2D eigenvalue weighted by molar-refractivity contribution is -0.137. The Bertz CT molecular complexity index is 1030. The number of nitrogens with two attached hydrogens (primary N) is 1. The molecule has 7 heteroatoms. The van der Waals surface area contributed by atoms with Crippen LogP contribution in [0.25, 0.3) is 0 Å². The lowest BCUT2D eigenvalue weighted by Gasteiger charge is -2.11. The van der Waals surface area contributed by atoms with Crippen LogP contribution in [-0.4, -0.2) is 5.91 Å². The second-order valence-corrected chi connectivity index (χ2v) is 7.28. The SMILES string of the molecule is CCC(C)=C/C=C\C(C(=O)NCc1cccc(Oc2cccc(C(F)(F)F)c2)c1)=C(/C)N. The number of halogens is 3. The Labute approximate surface area is 186 Å². The van der Waals surface area contributed by atoms with Gasteiger partial charge in [-0.2, -0.15) is 13.2 Å². The number of carbonyl (C=O) groups is 1. The summed E-state index contributed by atoms with van der Waals surface area (Å²) in [6.07, 6.45) is 1.84. The van der Waals surface area contributed by atoms with E-state index in [0.717, 1.165) is 24.1 Å². The standard InChI is InChI=1S/C25H27F3N2O2/c1-4-17(2)8-5-13-23(18(3)29)24(31)30-16-19-9-6-11-21(14-19)32-22-12-7-10-20(15-22)25(26,27)28/h5-15H,4,16,29H2,1-3H3,(H,30,31)/b13-5-,17-8?,23-18-. The summed E-state index contributed by atoms with van der Waals surface area (Å²) in [6, 6.07) is 11.4. The second-order valence-electron chi connectivity index (χ2n) is 7.28. The van der Waals surface area contributed by atoms with Crippen molar-refractivity contribution >= 4 is 5.91 Å². The van der Waals surface area contributed by atoms with E-state index in [2.05, 4.69) is 5.32 Å². The van der Waals surface area contributed by atoms with E-state index in [1.54, 1.807) is 43.3 Å². The van der Waals surface area contributed by atoms with E-state index in [-0.39, 0.29) is 18.2 Å². The molecule has 4 nitrogen and oxygen atoms in total. The molecule has 0 saturated heterocycles. The highest BCUT2D eigenvalue weighted by Crippen LogP contribution is 2.32. The van der Waals surface area contributed by atoms with Crippen LogP contribution in [0, 0.1) is 0 Å². The zero-order valence-corrected chi connectivity index (χ0v) is 18.3. The number of rotatable bonds is 8. The second kappa shape index (κ2) is 11.2. The molecule has 170 valence electrons. The minimum atomic E-state index is -4.45. The largest absolute Gasteiger partial charge is 0.457 e. The molecule has 0 aliphatic heterocycles. The number of nitrogens with one attached hydrogen (secondary N) is 1. The molecule has 0 fully saturated rings. The van der Waals surface area contributed by atoms with E-state index in [1.165, 1.54) is 17.7 Å². The van der Waals surface area contributed by atoms with Crippen LogP contribution in [0.3, 0.4) is 0 Å². The number of amides is 1. The third-order valence-corrected chi connectivity index (χ3v) is 4.62. The zero-order valence-electron chi connectivity index (χ0n) is 18.3. The summed E-state index contributed by atoms with van der Waals surface area (Å²) in [6.45, 7) is 5.89. The zero-order chi connectivity index (χ0) is 23.7.